The van der Waals surface area contributed by atoms with Gasteiger partial charge in [0.1, 0.15) is 0 Å². The molecule has 0 bridgehead atoms. The van der Waals surface area contributed by atoms with Crippen LogP contribution in [0.25, 0.3) is 0 Å². The van der Waals surface area contributed by atoms with Gasteiger partial charge >= 0.3 is 0 Å². The number of amides is 1. The lowest BCUT2D eigenvalue weighted by Crippen LogP contribution is -2.40. The highest BCUT2D eigenvalue weighted by Crippen LogP contribution is 2.21. The molecule has 0 aromatic carbocycles. The molecule has 1 heterocycles. The van der Waals surface area contributed by atoms with E-state index >= 15 is 0 Å². The molecular weight excluding hydrogens is 240 g/mol. The van der Waals surface area contributed by atoms with E-state index in [1.807, 2.05) is 19.9 Å². The molecular formula is C15H24N2O2. The Balaban J connectivity index is 2.77. The number of nitrogens with one attached hydrogen (secondary N) is 1. The summed E-state index contributed by atoms with van der Waals surface area (Å²) < 4.78 is 0. The molecule has 0 saturated carbocycles. The number of aromatic nitrogens is 1. The highest BCUT2D eigenvalue weighted by molar-refractivity contribution is 5.95. The predicted octanol–water partition coefficient (Wildman–Crippen LogP) is 2.23. The van der Waals surface area contributed by atoms with Gasteiger partial charge in [-0.25, -0.2) is 0 Å². The van der Waals surface area contributed by atoms with Crippen molar-refractivity contribution < 1.29 is 9.90 Å². The number of hydrogen-bond donors (Lipinski definition) is 2. The van der Waals surface area contributed by atoms with Gasteiger partial charge in [-0.15, -0.1) is 0 Å². The highest BCUT2D eigenvalue weighted by atomic mass is 16.3. The van der Waals surface area contributed by atoms with Crippen LogP contribution < -0.4 is 5.32 Å². The van der Waals surface area contributed by atoms with Gasteiger partial charge in [0.2, 0.25) is 0 Å². The molecule has 0 aliphatic rings. The summed E-state index contributed by atoms with van der Waals surface area (Å²) in [7, 11) is 0. The normalized spacial score (nSPS) is 13.2. The lowest BCUT2D eigenvalue weighted by Gasteiger charge is -2.25. The molecule has 1 amide bonds. The standard InChI is InChI=1S/C15H24N2O2/c1-10-6-7-13(11(2)16-10)14(19)17-12(9-18)8-15(3,4)5/h6-7,12,18H,8-9H2,1-5H3,(H,17,19). The summed E-state index contributed by atoms with van der Waals surface area (Å²) in [5.74, 6) is -0.173. The van der Waals surface area contributed by atoms with Gasteiger partial charge in [-0.1, -0.05) is 20.8 Å². The van der Waals surface area contributed by atoms with E-state index in [-0.39, 0.29) is 24.0 Å². The van der Waals surface area contributed by atoms with Gasteiger partial charge in [0.15, 0.2) is 0 Å². The molecule has 106 valence electrons. The first-order valence-electron chi connectivity index (χ1n) is 6.59. The van der Waals surface area contributed by atoms with Gasteiger partial charge in [-0.05, 0) is 37.8 Å². The fraction of sp³-hybridized carbons (Fsp3) is 0.600. The van der Waals surface area contributed by atoms with E-state index in [0.29, 0.717) is 11.3 Å². The van der Waals surface area contributed by atoms with Crippen molar-refractivity contribution in [2.24, 2.45) is 5.41 Å². The van der Waals surface area contributed by atoms with E-state index in [4.69, 9.17) is 0 Å². The number of aliphatic hydroxyl groups excluding tert-OH is 1. The molecule has 0 aliphatic heterocycles. The molecule has 0 radical (unpaired) electrons. The average Bonchev–Trinajstić information content (AvgIpc) is 2.25. The first-order valence-corrected chi connectivity index (χ1v) is 6.59. The minimum absolute atomic E-state index is 0.0542. The molecule has 1 unspecified atom stereocenters. The monoisotopic (exact) mass is 264 g/mol. The summed E-state index contributed by atoms with van der Waals surface area (Å²) in [6.07, 6.45) is 0.730. The lowest BCUT2D eigenvalue weighted by atomic mass is 9.88. The van der Waals surface area contributed by atoms with Gasteiger partial charge in [-0.2, -0.15) is 0 Å². The van der Waals surface area contributed by atoms with Gasteiger partial charge in [-0.3, -0.25) is 9.78 Å². The van der Waals surface area contributed by atoms with Crippen LogP contribution in [-0.4, -0.2) is 28.6 Å². The van der Waals surface area contributed by atoms with Crippen molar-refractivity contribution in [1.82, 2.24) is 10.3 Å². The number of nitrogens with zero attached hydrogens (tertiary/aromatic N) is 1. The third-order valence-electron chi connectivity index (χ3n) is 2.88. The third-order valence-corrected chi connectivity index (χ3v) is 2.88. The van der Waals surface area contributed by atoms with Gasteiger partial charge in [0, 0.05) is 5.69 Å². The number of aryl methyl sites for hydroxylation is 2. The Morgan fingerprint density at radius 1 is 1.37 bits per heavy atom. The number of rotatable bonds is 4. The van der Waals surface area contributed by atoms with Crippen LogP contribution in [0.15, 0.2) is 12.1 Å². The van der Waals surface area contributed by atoms with Crippen LogP contribution in [0.1, 0.15) is 48.9 Å². The van der Waals surface area contributed by atoms with Crippen molar-refractivity contribution in [3.8, 4) is 0 Å². The Kier molecular flexibility index (Phi) is 5.06. The third kappa shape index (κ3) is 4.99. The van der Waals surface area contributed by atoms with E-state index in [2.05, 4.69) is 31.1 Å². The summed E-state index contributed by atoms with van der Waals surface area (Å²) in [6, 6.07) is 3.37. The van der Waals surface area contributed by atoms with E-state index in [1.54, 1.807) is 6.07 Å². The quantitative estimate of drug-likeness (QED) is 0.876. The summed E-state index contributed by atoms with van der Waals surface area (Å²) >= 11 is 0. The Labute approximate surface area is 115 Å². The Bertz CT molecular complexity index is 450. The first-order chi connectivity index (χ1) is 8.73. The molecule has 2 N–H and O–H groups in total. The molecule has 0 saturated heterocycles. The maximum absolute atomic E-state index is 12.2. The number of pyridine rings is 1. The molecule has 4 heteroatoms. The summed E-state index contributed by atoms with van der Waals surface area (Å²) in [5.41, 5.74) is 2.23. The molecule has 1 atom stereocenters. The second-order valence-electron chi connectivity index (χ2n) is 6.20. The van der Waals surface area contributed by atoms with Crippen LogP contribution in [-0.2, 0) is 0 Å². The van der Waals surface area contributed by atoms with Gasteiger partial charge in [0.05, 0.1) is 23.9 Å². The topological polar surface area (TPSA) is 62.2 Å². The summed E-state index contributed by atoms with van der Waals surface area (Å²) in [6.45, 7) is 9.91. The smallest absolute Gasteiger partial charge is 0.253 e. The van der Waals surface area contributed by atoms with Crippen molar-refractivity contribution in [2.45, 2.75) is 47.1 Å². The van der Waals surface area contributed by atoms with Gasteiger partial charge in [0.25, 0.3) is 5.91 Å². The van der Waals surface area contributed by atoms with E-state index in [0.717, 1.165) is 12.1 Å². The molecule has 1 rings (SSSR count). The zero-order valence-corrected chi connectivity index (χ0v) is 12.4. The Morgan fingerprint density at radius 3 is 2.47 bits per heavy atom. The maximum atomic E-state index is 12.2. The van der Waals surface area contributed by atoms with Gasteiger partial charge < -0.3 is 10.4 Å². The van der Waals surface area contributed by atoms with Crippen LogP contribution in [0.3, 0.4) is 0 Å². The Hall–Kier alpha value is -1.42. The van der Waals surface area contributed by atoms with E-state index < -0.39 is 0 Å². The maximum Gasteiger partial charge on any atom is 0.253 e. The highest BCUT2D eigenvalue weighted by Gasteiger charge is 2.21. The van der Waals surface area contributed by atoms with Crippen LogP contribution in [0, 0.1) is 19.3 Å². The first kappa shape index (κ1) is 15.6. The minimum Gasteiger partial charge on any atom is -0.394 e. The van der Waals surface area contributed by atoms with Crippen LogP contribution >= 0.6 is 0 Å². The Morgan fingerprint density at radius 2 is 2.00 bits per heavy atom. The fourth-order valence-corrected chi connectivity index (χ4v) is 2.09. The molecule has 0 fully saturated rings. The fourth-order valence-electron chi connectivity index (χ4n) is 2.09. The number of carbonyl (C=O) groups is 1. The van der Waals surface area contributed by atoms with Crippen molar-refractivity contribution in [2.75, 3.05) is 6.61 Å². The molecule has 1 aromatic heterocycles. The number of hydrogen-bond acceptors (Lipinski definition) is 3. The van der Waals surface area contributed by atoms with Crippen molar-refractivity contribution >= 4 is 5.91 Å². The molecule has 0 aliphatic carbocycles. The van der Waals surface area contributed by atoms with Crippen molar-refractivity contribution in [3.05, 3.63) is 29.1 Å². The average molecular weight is 264 g/mol. The zero-order valence-electron chi connectivity index (χ0n) is 12.4. The minimum atomic E-state index is -0.229. The van der Waals surface area contributed by atoms with Crippen LogP contribution in [0.5, 0.6) is 0 Å². The molecule has 0 spiro atoms. The second kappa shape index (κ2) is 6.15. The summed E-state index contributed by atoms with van der Waals surface area (Å²) in [4.78, 5) is 16.4. The lowest BCUT2D eigenvalue weighted by molar-refractivity contribution is 0.0896. The van der Waals surface area contributed by atoms with Crippen molar-refractivity contribution in [3.63, 3.8) is 0 Å². The zero-order chi connectivity index (χ0) is 14.6. The van der Waals surface area contributed by atoms with E-state index in [1.165, 1.54) is 0 Å². The number of aliphatic hydroxyl groups is 1. The van der Waals surface area contributed by atoms with Crippen LogP contribution in [0.2, 0.25) is 0 Å². The second-order valence-corrected chi connectivity index (χ2v) is 6.20. The number of carbonyl (C=O) groups excluding carboxylic acids is 1. The largest absolute Gasteiger partial charge is 0.394 e. The van der Waals surface area contributed by atoms with Crippen LogP contribution in [0.4, 0.5) is 0 Å². The molecule has 19 heavy (non-hydrogen) atoms. The molecule has 4 nitrogen and oxygen atoms in total. The SMILES string of the molecule is Cc1ccc(C(=O)NC(CO)CC(C)(C)C)c(C)n1. The van der Waals surface area contributed by atoms with Crippen molar-refractivity contribution in [1.29, 1.82) is 0 Å². The summed E-state index contributed by atoms with van der Waals surface area (Å²) in [5, 5.41) is 12.2. The molecule has 1 aromatic rings. The van der Waals surface area contributed by atoms with E-state index in [9.17, 15) is 9.90 Å². The predicted molar refractivity (Wildman–Crippen MR) is 76.1 cm³/mol.